The first-order chi connectivity index (χ1) is 10.1. The van der Waals surface area contributed by atoms with Crippen molar-refractivity contribution in [3.05, 3.63) is 21.3 Å². The maximum Gasteiger partial charge on any atom is 0.150 e. The van der Waals surface area contributed by atoms with E-state index in [1.165, 1.54) is 32.4 Å². The van der Waals surface area contributed by atoms with Crippen LogP contribution in [0.15, 0.2) is 6.07 Å². The molecule has 21 heavy (non-hydrogen) atoms. The van der Waals surface area contributed by atoms with Gasteiger partial charge >= 0.3 is 0 Å². The molecule has 0 aromatic carbocycles. The molecule has 2 aliphatic heterocycles. The quantitative estimate of drug-likeness (QED) is 0.734. The van der Waals surface area contributed by atoms with E-state index >= 15 is 0 Å². The van der Waals surface area contributed by atoms with Gasteiger partial charge in [-0.3, -0.25) is 0 Å². The van der Waals surface area contributed by atoms with Crippen LogP contribution in [0.5, 0.6) is 0 Å². The lowest BCUT2D eigenvalue weighted by atomic mass is 10.00. The van der Waals surface area contributed by atoms with Crippen LogP contribution in [-0.2, 0) is 0 Å². The lowest BCUT2D eigenvalue weighted by molar-refractivity contribution is 0.141. The Labute approximate surface area is 141 Å². The van der Waals surface area contributed by atoms with Crippen molar-refractivity contribution in [1.82, 2.24) is 9.88 Å². The van der Waals surface area contributed by atoms with Crippen molar-refractivity contribution in [1.29, 1.82) is 0 Å². The Balaban J connectivity index is 1.64. The molecule has 0 amide bonds. The number of piperidine rings is 2. The molecule has 0 aliphatic carbocycles. The van der Waals surface area contributed by atoms with Gasteiger partial charge < -0.3 is 9.80 Å². The maximum atomic E-state index is 6.26. The number of rotatable bonds is 2. The highest BCUT2D eigenvalue weighted by Gasteiger charge is 2.27. The van der Waals surface area contributed by atoms with E-state index in [0.717, 1.165) is 31.7 Å². The molecule has 2 aliphatic rings. The summed E-state index contributed by atoms with van der Waals surface area (Å²) in [6.45, 7) is 4.48. The number of aromatic nitrogens is 1. The van der Waals surface area contributed by atoms with Gasteiger partial charge in [0, 0.05) is 19.1 Å². The van der Waals surface area contributed by atoms with Gasteiger partial charge in [-0.15, -0.1) is 0 Å². The van der Waals surface area contributed by atoms with E-state index in [-0.39, 0.29) is 0 Å². The van der Waals surface area contributed by atoms with E-state index in [4.69, 9.17) is 34.8 Å². The summed E-state index contributed by atoms with van der Waals surface area (Å²) in [7, 11) is 0. The monoisotopic (exact) mass is 347 g/mol. The Morgan fingerprint density at radius 3 is 2.24 bits per heavy atom. The Hall–Kier alpha value is -0.220. The second-order valence-corrected chi connectivity index (χ2v) is 7.05. The van der Waals surface area contributed by atoms with Gasteiger partial charge in [0.15, 0.2) is 0 Å². The molecule has 3 heterocycles. The number of hydrogen-bond donors (Lipinski definition) is 0. The first-order valence-electron chi connectivity index (χ1n) is 7.65. The summed E-state index contributed by atoms with van der Waals surface area (Å²) in [5, 5.41) is 1.32. The second-order valence-electron chi connectivity index (χ2n) is 5.88. The van der Waals surface area contributed by atoms with Gasteiger partial charge in [0.05, 0.1) is 10.0 Å². The highest BCUT2D eigenvalue weighted by atomic mass is 35.5. The van der Waals surface area contributed by atoms with Crippen LogP contribution in [0, 0.1) is 0 Å². The molecule has 0 radical (unpaired) electrons. The SMILES string of the molecule is Clc1cc(Cl)c(N2CCC(N3CCCCC3)CC2)nc1Cl. The normalized spacial score (nSPS) is 21.8. The molecule has 0 atom stereocenters. The highest BCUT2D eigenvalue weighted by molar-refractivity contribution is 6.42. The fourth-order valence-electron chi connectivity index (χ4n) is 3.38. The molecule has 3 rings (SSSR count). The van der Waals surface area contributed by atoms with Crippen LogP contribution >= 0.6 is 34.8 Å². The molecule has 0 N–H and O–H groups in total. The van der Waals surface area contributed by atoms with E-state index in [1.54, 1.807) is 6.07 Å². The number of nitrogens with zero attached hydrogens (tertiary/aromatic N) is 3. The molecule has 6 heteroatoms. The molecule has 0 bridgehead atoms. The van der Waals surface area contributed by atoms with Gasteiger partial charge in [-0.25, -0.2) is 4.98 Å². The van der Waals surface area contributed by atoms with E-state index in [2.05, 4.69) is 14.8 Å². The summed E-state index contributed by atoms with van der Waals surface area (Å²) in [6, 6.07) is 2.40. The fourth-order valence-corrected chi connectivity index (χ4v) is 4.00. The molecule has 0 saturated carbocycles. The third-order valence-electron chi connectivity index (χ3n) is 4.54. The molecule has 2 saturated heterocycles. The van der Waals surface area contributed by atoms with Gasteiger partial charge in [0.1, 0.15) is 11.0 Å². The summed E-state index contributed by atoms with van der Waals surface area (Å²) in [4.78, 5) is 9.23. The number of anilines is 1. The Bertz CT molecular complexity index is 495. The molecule has 0 spiro atoms. The second kappa shape index (κ2) is 6.91. The Morgan fingerprint density at radius 2 is 1.57 bits per heavy atom. The average molecular weight is 349 g/mol. The Kier molecular flexibility index (Phi) is 5.15. The zero-order valence-electron chi connectivity index (χ0n) is 12.0. The Morgan fingerprint density at radius 1 is 0.905 bits per heavy atom. The molecular weight excluding hydrogens is 329 g/mol. The van der Waals surface area contributed by atoms with Crippen molar-refractivity contribution >= 4 is 40.6 Å². The topological polar surface area (TPSA) is 19.4 Å². The predicted molar refractivity (Wildman–Crippen MR) is 89.9 cm³/mol. The third-order valence-corrected chi connectivity index (χ3v) is 5.49. The molecule has 3 nitrogen and oxygen atoms in total. The number of hydrogen-bond acceptors (Lipinski definition) is 3. The molecule has 1 aromatic heterocycles. The first kappa shape index (κ1) is 15.7. The molecule has 0 unspecified atom stereocenters. The van der Waals surface area contributed by atoms with Crippen molar-refractivity contribution in [3.8, 4) is 0 Å². The minimum absolute atomic E-state index is 0.328. The molecule has 1 aromatic rings. The van der Waals surface area contributed by atoms with E-state index in [0.29, 0.717) is 21.2 Å². The van der Waals surface area contributed by atoms with Crippen LogP contribution in [-0.4, -0.2) is 42.1 Å². The van der Waals surface area contributed by atoms with Crippen molar-refractivity contribution in [2.45, 2.75) is 38.1 Å². The summed E-state index contributed by atoms with van der Waals surface area (Å²) in [6.07, 6.45) is 6.41. The first-order valence-corrected chi connectivity index (χ1v) is 8.79. The molecular formula is C15H20Cl3N3. The van der Waals surface area contributed by atoms with Crippen molar-refractivity contribution < 1.29 is 0 Å². The van der Waals surface area contributed by atoms with E-state index in [9.17, 15) is 0 Å². The number of halogens is 3. The fraction of sp³-hybridized carbons (Fsp3) is 0.667. The summed E-state index contributed by atoms with van der Waals surface area (Å²) in [5.74, 6) is 0.767. The standard InChI is InChI=1S/C15H20Cl3N3/c16-12-10-13(17)15(19-14(12)18)21-8-4-11(5-9-21)20-6-2-1-3-7-20/h10-11H,1-9H2. The minimum atomic E-state index is 0.328. The smallest absolute Gasteiger partial charge is 0.150 e. The summed E-state index contributed by atoms with van der Waals surface area (Å²) in [5.41, 5.74) is 0. The lowest BCUT2D eigenvalue weighted by Crippen LogP contribution is -2.47. The van der Waals surface area contributed by atoms with Crippen molar-refractivity contribution in [2.75, 3.05) is 31.1 Å². The number of likely N-dealkylation sites (tertiary alicyclic amines) is 1. The third kappa shape index (κ3) is 3.58. The van der Waals surface area contributed by atoms with Crippen LogP contribution in [0.4, 0.5) is 5.82 Å². The van der Waals surface area contributed by atoms with Crippen molar-refractivity contribution in [3.63, 3.8) is 0 Å². The van der Waals surface area contributed by atoms with Crippen LogP contribution in [0.2, 0.25) is 15.2 Å². The highest BCUT2D eigenvalue weighted by Crippen LogP contribution is 2.33. The zero-order chi connectivity index (χ0) is 14.8. The van der Waals surface area contributed by atoms with Crippen LogP contribution in [0.1, 0.15) is 32.1 Å². The average Bonchev–Trinajstić information content (AvgIpc) is 2.52. The molecule has 116 valence electrons. The summed E-state index contributed by atoms with van der Waals surface area (Å²) >= 11 is 18.2. The summed E-state index contributed by atoms with van der Waals surface area (Å²) < 4.78 is 0. The van der Waals surface area contributed by atoms with Gasteiger partial charge in [0.25, 0.3) is 0 Å². The molecule has 2 fully saturated rings. The van der Waals surface area contributed by atoms with Crippen LogP contribution in [0.25, 0.3) is 0 Å². The van der Waals surface area contributed by atoms with Gasteiger partial charge in [0.2, 0.25) is 0 Å². The lowest BCUT2D eigenvalue weighted by Gasteiger charge is -2.40. The van der Waals surface area contributed by atoms with Crippen LogP contribution < -0.4 is 4.90 Å². The van der Waals surface area contributed by atoms with E-state index in [1.807, 2.05) is 0 Å². The van der Waals surface area contributed by atoms with Gasteiger partial charge in [-0.05, 0) is 44.8 Å². The maximum absolute atomic E-state index is 6.26. The zero-order valence-corrected chi connectivity index (χ0v) is 14.3. The largest absolute Gasteiger partial charge is 0.355 e. The van der Waals surface area contributed by atoms with Gasteiger partial charge in [-0.2, -0.15) is 0 Å². The van der Waals surface area contributed by atoms with E-state index < -0.39 is 0 Å². The van der Waals surface area contributed by atoms with Gasteiger partial charge in [-0.1, -0.05) is 41.2 Å². The number of pyridine rings is 1. The van der Waals surface area contributed by atoms with Crippen molar-refractivity contribution in [2.24, 2.45) is 0 Å². The van der Waals surface area contributed by atoms with Crippen LogP contribution in [0.3, 0.4) is 0 Å². The predicted octanol–water partition coefficient (Wildman–Crippen LogP) is 4.50. The minimum Gasteiger partial charge on any atom is -0.355 e.